The highest BCUT2D eigenvalue weighted by Gasteiger charge is 2.43. The molecule has 2 N–H and O–H groups in total. The number of hydrogen-bond donors (Lipinski definition) is 2. The van der Waals surface area contributed by atoms with E-state index in [9.17, 15) is 19.1 Å². The predicted octanol–water partition coefficient (Wildman–Crippen LogP) is 4.92. The standard InChI is InChI=1S/C29H29FN2O5/c1-18-23-15-21(11-12-22(23)26(33)37-32-18)31-27(34)29(35,16-19-8-6-5-7-9-19)17-28(2,3)24-14-20(30)10-13-25(24)36-4/h5-15,35H,16-17H2,1-4H3,(H,31,34). The molecule has 3 aromatic carbocycles. The first-order valence-electron chi connectivity index (χ1n) is 11.8. The maximum Gasteiger partial charge on any atom is 0.366 e. The van der Waals surface area contributed by atoms with Crippen molar-refractivity contribution in [2.45, 2.75) is 44.6 Å². The van der Waals surface area contributed by atoms with Crippen LogP contribution in [0.3, 0.4) is 0 Å². The van der Waals surface area contributed by atoms with Crippen molar-refractivity contribution >= 4 is 22.4 Å². The van der Waals surface area contributed by atoms with E-state index in [4.69, 9.17) is 9.26 Å². The molecule has 0 fully saturated rings. The second-order valence-corrected chi connectivity index (χ2v) is 9.87. The van der Waals surface area contributed by atoms with Gasteiger partial charge in [-0.05, 0) is 60.7 Å². The van der Waals surface area contributed by atoms with Gasteiger partial charge in [0.05, 0.1) is 18.2 Å². The fourth-order valence-corrected chi connectivity index (χ4v) is 4.75. The quantitative estimate of drug-likeness (QED) is 0.353. The van der Waals surface area contributed by atoms with E-state index in [2.05, 4.69) is 10.5 Å². The number of aliphatic hydroxyl groups is 1. The number of anilines is 1. The topological polar surface area (TPSA) is 102 Å². The number of hydrogen-bond acceptors (Lipinski definition) is 6. The van der Waals surface area contributed by atoms with E-state index in [0.717, 1.165) is 5.56 Å². The van der Waals surface area contributed by atoms with Gasteiger partial charge in [0.15, 0.2) is 0 Å². The summed E-state index contributed by atoms with van der Waals surface area (Å²) in [5, 5.41) is 19.3. The maximum absolute atomic E-state index is 14.2. The summed E-state index contributed by atoms with van der Waals surface area (Å²) in [5.41, 5.74) is -1.13. The Bertz CT molecular complexity index is 1500. The number of rotatable bonds is 8. The molecule has 0 saturated heterocycles. The Morgan fingerprint density at radius 3 is 2.51 bits per heavy atom. The number of nitrogens with one attached hydrogen (secondary N) is 1. The molecule has 1 unspecified atom stereocenters. The molecule has 0 radical (unpaired) electrons. The van der Waals surface area contributed by atoms with Crippen molar-refractivity contribution in [1.29, 1.82) is 0 Å². The molecule has 1 atom stereocenters. The molecular formula is C29H29FN2O5. The van der Waals surface area contributed by atoms with Gasteiger partial charge in [-0.25, -0.2) is 9.18 Å². The van der Waals surface area contributed by atoms with Crippen LogP contribution >= 0.6 is 0 Å². The summed E-state index contributed by atoms with van der Waals surface area (Å²) in [4.78, 5) is 25.7. The lowest BCUT2D eigenvalue weighted by Gasteiger charge is -2.36. The van der Waals surface area contributed by atoms with Crippen LogP contribution in [0.25, 0.3) is 10.8 Å². The van der Waals surface area contributed by atoms with E-state index in [1.54, 1.807) is 25.1 Å². The minimum absolute atomic E-state index is 0.0263. The van der Waals surface area contributed by atoms with Crippen LogP contribution in [0.4, 0.5) is 10.1 Å². The van der Waals surface area contributed by atoms with Gasteiger partial charge < -0.3 is 19.7 Å². The molecule has 0 aliphatic rings. The lowest BCUT2D eigenvalue weighted by molar-refractivity contribution is -0.136. The lowest BCUT2D eigenvalue weighted by Crippen LogP contribution is -2.49. The molecule has 0 aliphatic heterocycles. The molecule has 7 nitrogen and oxygen atoms in total. The van der Waals surface area contributed by atoms with Crippen LogP contribution in [-0.2, 0) is 16.6 Å². The molecule has 0 bridgehead atoms. The smallest absolute Gasteiger partial charge is 0.366 e. The minimum atomic E-state index is -1.87. The van der Waals surface area contributed by atoms with Crippen molar-refractivity contribution in [3.63, 3.8) is 0 Å². The number of aryl methyl sites for hydroxylation is 1. The molecule has 192 valence electrons. The van der Waals surface area contributed by atoms with Crippen LogP contribution in [0.1, 0.15) is 37.1 Å². The minimum Gasteiger partial charge on any atom is -0.496 e. The van der Waals surface area contributed by atoms with Crippen LogP contribution in [0.2, 0.25) is 0 Å². The van der Waals surface area contributed by atoms with Gasteiger partial charge in [-0.15, -0.1) is 0 Å². The molecule has 0 saturated carbocycles. The third kappa shape index (κ3) is 5.54. The summed E-state index contributed by atoms with van der Waals surface area (Å²) in [5.74, 6) is -0.609. The number of nitrogens with zero attached hydrogens (tertiary/aromatic N) is 1. The van der Waals surface area contributed by atoms with Crippen molar-refractivity contribution in [3.8, 4) is 5.75 Å². The molecule has 4 rings (SSSR count). The van der Waals surface area contributed by atoms with Crippen molar-refractivity contribution in [3.05, 3.63) is 99.8 Å². The van der Waals surface area contributed by atoms with Gasteiger partial charge in [-0.2, -0.15) is 0 Å². The van der Waals surface area contributed by atoms with Gasteiger partial charge in [0.25, 0.3) is 5.91 Å². The summed E-state index contributed by atoms with van der Waals surface area (Å²) in [6.07, 6.45) is -0.00319. The Morgan fingerprint density at radius 2 is 1.81 bits per heavy atom. The molecule has 8 heteroatoms. The van der Waals surface area contributed by atoms with Crippen LogP contribution in [0.15, 0.2) is 76.0 Å². The summed E-state index contributed by atoms with van der Waals surface area (Å²) < 4.78 is 24.4. The number of methoxy groups -OCH3 is 1. The van der Waals surface area contributed by atoms with Gasteiger partial charge in [0.1, 0.15) is 17.2 Å². The van der Waals surface area contributed by atoms with Crippen molar-refractivity contribution < 1.29 is 23.6 Å². The van der Waals surface area contributed by atoms with E-state index < -0.39 is 28.4 Å². The average Bonchev–Trinajstić information content (AvgIpc) is 2.86. The molecule has 4 aromatic rings. The van der Waals surface area contributed by atoms with Crippen molar-refractivity contribution in [1.82, 2.24) is 5.16 Å². The number of ether oxygens (including phenoxy) is 1. The monoisotopic (exact) mass is 504 g/mol. The normalized spacial score (nSPS) is 13.2. The number of carbonyl (C=O) groups is 1. The first-order chi connectivity index (χ1) is 17.5. The zero-order valence-corrected chi connectivity index (χ0v) is 21.2. The Hall–Kier alpha value is -4.04. The zero-order chi connectivity index (χ0) is 26.8. The van der Waals surface area contributed by atoms with Gasteiger partial charge in [-0.1, -0.05) is 49.3 Å². The van der Waals surface area contributed by atoms with Crippen LogP contribution in [0.5, 0.6) is 5.75 Å². The molecular weight excluding hydrogens is 475 g/mol. The average molecular weight is 505 g/mol. The highest BCUT2D eigenvalue weighted by Crippen LogP contribution is 2.39. The Morgan fingerprint density at radius 1 is 1.08 bits per heavy atom. The van der Waals surface area contributed by atoms with E-state index in [1.807, 2.05) is 44.2 Å². The first kappa shape index (κ1) is 26.0. The van der Waals surface area contributed by atoms with Crippen LogP contribution in [-0.4, -0.2) is 28.9 Å². The van der Waals surface area contributed by atoms with E-state index in [0.29, 0.717) is 33.5 Å². The Balaban J connectivity index is 1.72. The number of amides is 1. The lowest BCUT2D eigenvalue weighted by atomic mass is 9.72. The summed E-state index contributed by atoms with van der Waals surface area (Å²) >= 11 is 0. The maximum atomic E-state index is 14.2. The molecule has 0 aliphatic carbocycles. The number of fused-ring (bicyclic) bond motifs is 1. The van der Waals surface area contributed by atoms with Gasteiger partial charge in [0, 0.05) is 23.1 Å². The molecule has 1 heterocycles. The van der Waals surface area contributed by atoms with E-state index >= 15 is 0 Å². The van der Waals surface area contributed by atoms with Gasteiger partial charge >= 0.3 is 5.63 Å². The predicted molar refractivity (Wildman–Crippen MR) is 139 cm³/mol. The number of carbonyl (C=O) groups excluding carboxylic acids is 1. The van der Waals surface area contributed by atoms with E-state index in [-0.39, 0.29) is 12.8 Å². The Kier molecular flexibility index (Phi) is 7.14. The molecule has 37 heavy (non-hydrogen) atoms. The molecule has 1 amide bonds. The molecule has 1 aromatic heterocycles. The largest absolute Gasteiger partial charge is 0.496 e. The Labute approximate surface area is 213 Å². The third-order valence-electron chi connectivity index (χ3n) is 6.54. The third-order valence-corrected chi connectivity index (χ3v) is 6.54. The summed E-state index contributed by atoms with van der Waals surface area (Å²) in [6.45, 7) is 5.35. The highest BCUT2D eigenvalue weighted by atomic mass is 19.1. The fraction of sp³-hybridized carbons (Fsp3) is 0.276. The number of benzene rings is 3. The second kappa shape index (κ2) is 10.1. The molecule has 0 spiro atoms. The van der Waals surface area contributed by atoms with Crippen molar-refractivity contribution in [2.24, 2.45) is 0 Å². The SMILES string of the molecule is COc1ccc(F)cc1C(C)(C)CC(O)(Cc1ccccc1)C(=O)Nc1ccc2c(=O)onc(C)c2c1. The zero-order valence-electron chi connectivity index (χ0n) is 21.2. The van der Waals surface area contributed by atoms with E-state index in [1.165, 1.54) is 25.3 Å². The summed E-state index contributed by atoms with van der Waals surface area (Å²) in [6, 6.07) is 18.1. The van der Waals surface area contributed by atoms with Crippen molar-refractivity contribution in [2.75, 3.05) is 12.4 Å². The van der Waals surface area contributed by atoms with Gasteiger partial charge in [0.2, 0.25) is 0 Å². The van der Waals surface area contributed by atoms with Crippen LogP contribution < -0.4 is 15.7 Å². The first-order valence-corrected chi connectivity index (χ1v) is 11.8. The second-order valence-electron chi connectivity index (χ2n) is 9.87. The van der Waals surface area contributed by atoms with Gasteiger partial charge in [-0.3, -0.25) is 4.79 Å². The summed E-state index contributed by atoms with van der Waals surface area (Å²) in [7, 11) is 1.49. The highest BCUT2D eigenvalue weighted by molar-refractivity contribution is 5.99. The fourth-order valence-electron chi connectivity index (χ4n) is 4.75. The number of halogens is 1. The number of aromatic nitrogens is 1. The van der Waals surface area contributed by atoms with Crippen LogP contribution in [0, 0.1) is 12.7 Å².